The maximum absolute atomic E-state index is 3.38. The summed E-state index contributed by atoms with van der Waals surface area (Å²) in [6.45, 7) is 5.18. The topological polar surface area (TPSA) is 15.3 Å². The summed E-state index contributed by atoms with van der Waals surface area (Å²) in [6.07, 6.45) is 2.80. The highest BCUT2D eigenvalue weighted by molar-refractivity contribution is 5.85. The smallest absolute Gasteiger partial charge is 0.0232 e. The molecule has 1 N–H and O–H groups in total. The van der Waals surface area contributed by atoms with Crippen LogP contribution in [0.1, 0.15) is 12.8 Å². The average molecular weight is 163 g/mol. The third-order valence-electron chi connectivity index (χ3n) is 2.44. The summed E-state index contributed by atoms with van der Waals surface area (Å²) in [5.74, 6) is 0. The molecule has 2 rings (SSSR count). The van der Waals surface area contributed by atoms with Crippen LogP contribution >= 0.6 is 12.4 Å². The molecule has 1 unspecified atom stereocenters. The molecule has 0 aliphatic carbocycles. The molecular weight excluding hydrogens is 148 g/mol. The molecule has 60 valence electrons. The standard InChI is InChI=1S/C7H14N2.ClH/c1-4-9(5-1)7-2-3-8-6-7;/h7-8H,1-6H2;1H. The largest absolute Gasteiger partial charge is 0.315 e. The van der Waals surface area contributed by atoms with Crippen molar-refractivity contribution in [3.63, 3.8) is 0 Å². The van der Waals surface area contributed by atoms with Crippen LogP contribution in [-0.4, -0.2) is 37.1 Å². The third-order valence-corrected chi connectivity index (χ3v) is 2.44. The van der Waals surface area contributed by atoms with Gasteiger partial charge < -0.3 is 5.32 Å². The Kier molecular flexibility index (Phi) is 2.96. The maximum atomic E-state index is 3.38. The highest BCUT2D eigenvalue weighted by Gasteiger charge is 2.25. The predicted molar refractivity (Wildman–Crippen MR) is 44.7 cm³/mol. The van der Waals surface area contributed by atoms with Gasteiger partial charge in [0.05, 0.1) is 0 Å². The first-order chi connectivity index (χ1) is 4.47. The Bertz CT molecular complexity index is 97.8. The van der Waals surface area contributed by atoms with Gasteiger partial charge in [0.25, 0.3) is 0 Å². The minimum absolute atomic E-state index is 0. The SMILES string of the molecule is C1CN(C2CCNC2)C1.Cl. The van der Waals surface area contributed by atoms with Gasteiger partial charge in [-0.3, -0.25) is 4.90 Å². The molecular formula is C7H15ClN2. The molecule has 2 heterocycles. The van der Waals surface area contributed by atoms with Crippen molar-refractivity contribution in [1.82, 2.24) is 10.2 Å². The summed E-state index contributed by atoms with van der Waals surface area (Å²) >= 11 is 0. The summed E-state index contributed by atoms with van der Waals surface area (Å²) in [4.78, 5) is 2.58. The number of hydrogen-bond donors (Lipinski definition) is 1. The molecule has 2 aliphatic rings. The van der Waals surface area contributed by atoms with Gasteiger partial charge in [-0.15, -0.1) is 12.4 Å². The van der Waals surface area contributed by atoms with E-state index in [1.165, 1.54) is 39.0 Å². The highest BCUT2D eigenvalue weighted by atomic mass is 35.5. The fourth-order valence-corrected chi connectivity index (χ4v) is 1.66. The maximum Gasteiger partial charge on any atom is 0.0232 e. The fourth-order valence-electron chi connectivity index (χ4n) is 1.66. The number of nitrogens with zero attached hydrogens (tertiary/aromatic N) is 1. The van der Waals surface area contributed by atoms with Crippen molar-refractivity contribution in [2.75, 3.05) is 26.2 Å². The number of rotatable bonds is 1. The quantitative estimate of drug-likeness (QED) is 0.604. The van der Waals surface area contributed by atoms with Crippen LogP contribution in [0.4, 0.5) is 0 Å². The van der Waals surface area contributed by atoms with E-state index in [9.17, 15) is 0 Å². The van der Waals surface area contributed by atoms with E-state index in [0.29, 0.717) is 0 Å². The van der Waals surface area contributed by atoms with Gasteiger partial charge in [0, 0.05) is 12.6 Å². The Morgan fingerprint density at radius 1 is 1.30 bits per heavy atom. The molecule has 10 heavy (non-hydrogen) atoms. The van der Waals surface area contributed by atoms with Crippen LogP contribution in [0.25, 0.3) is 0 Å². The van der Waals surface area contributed by atoms with Crippen molar-refractivity contribution < 1.29 is 0 Å². The molecule has 0 aromatic heterocycles. The van der Waals surface area contributed by atoms with Gasteiger partial charge in [-0.1, -0.05) is 0 Å². The molecule has 2 saturated heterocycles. The van der Waals surface area contributed by atoms with Gasteiger partial charge in [-0.05, 0) is 32.5 Å². The lowest BCUT2D eigenvalue weighted by atomic mass is 10.1. The van der Waals surface area contributed by atoms with Crippen LogP contribution < -0.4 is 5.32 Å². The minimum Gasteiger partial charge on any atom is -0.315 e. The molecule has 3 heteroatoms. The Morgan fingerprint density at radius 2 is 2.10 bits per heavy atom. The number of nitrogens with one attached hydrogen (secondary N) is 1. The monoisotopic (exact) mass is 162 g/mol. The summed E-state index contributed by atoms with van der Waals surface area (Å²) < 4.78 is 0. The summed E-state index contributed by atoms with van der Waals surface area (Å²) in [5, 5.41) is 3.38. The second kappa shape index (κ2) is 3.56. The number of hydrogen-bond acceptors (Lipinski definition) is 2. The van der Waals surface area contributed by atoms with Crippen molar-refractivity contribution in [1.29, 1.82) is 0 Å². The van der Waals surface area contributed by atoms with Crippen LogP contribution in [-0.2, 0) is 0 Å². The first-order valence-electron chi connectivity index (χ1n) is 3.91. The highest BCUT2D eigenvalue weighted by Crippen LogP contribution is 2.15. The predicted octanol–water partition coefficient (Wildman–Crippen LogP) is 0.476. The van der Waals surface area contributed by atoms with Gasteiger partial charge >= 0.3 is 0 Å². The molecule has 2 fully saturated rings. The average Bonchev–Trinajstić information content (AvgIpc) is 2.11. The molecule has 0 radical (unpaired) electrons. The second-order valence-corrected chi connectivity index (χ2v) is 3.04. The summed E-state index contributed by atoms with van der Waals surface area (Å²) in [6, 6.07) is 0.888. The van der Waals surface area contributed by atoms with E-state index < -0.39 is 0 Å². The molecule has 1 atom stereocenters. The van der Waals surface area contributed by atoms with Crippen LogP contribution in [0.2, 0.25) is 0 Å². The molecule has 0 amide bonds. The lowest BCUT2D eigenvalue weighted by Crippen LogP contribution is -2.45. The van der Waals surface area contributed by atoms with Crippen molar-refractivity contribution in [3.05, 3.63) is 0 Å². The molecule has 0 aromatic rings. The normalized spacial score (nSPS) is 33.0. The van der Waals surface area contributed by atoms with Gasteiger partial charge in [-0.25, -0.2) is 0 Å². The van der Waals surface area contributed by atoms with Crippen molar-refractivity contribution in [2.45, 2.75) is 18.9 Å². The zero-order valence-corrected chi connectivity index (χ0v) is 6.99. The van der Waals surface area contributed by atoms with Crippen LogP contribution in [0.5, 0.6) is 0 Å². The Morgan fingerprint density at radius 3 is 2.50 bits per heavy atom. The van der Waals surface area contributed by atoms with Gasteiger partial charge in [0.1, 0.15) is 0 Å². The van der Waals surface area contributed by atoms with Gasteiger partial charge in [0.2, 0.25) is 0 Å². The van der Waals surface area contributed by atoms with E-state index in [0.717, 1.165) is 6.04 Å². The van der Waals surface area contributed by atoms with Crippen LogP contribution in [0.15, 0.2) is 0 Å². The second-order valence-electron chi connectivity index (χ2n) is 3.04. The molecule has 0 bridgehead atoms. The van der Waals surface area contributed by atoms with Gasteiger partial charge in [0.15, 0.2) is 0 Å². The van der Waals surface area contributed by atoms with Crippen molar-refractivity contribution >= 4 is 12.4 Å². The van der Waals surface area contributed by atoms with Crippen LogP contribution in [0, 0.1) is 0 Å². The molecule has 0 spiro atoms. The van der Waals surface area contributed by atoms with E-state index >= 15 is 0 Å². The molecule has 0 saturated carbocycles. The fraction of sp³-hybridized carbons (Fsp3) is 1.00. The van der Waals surface area contributed by atoms with Crippen molar-refractivity contribution in [2.24, 2.45) is 0 Å². The van der Waals surface area contributed by atoms with Gasteiger partial charge in [-0.2, -0.15) is 0 Å². The Balaban J connectivity index is 0.000000500. The summed E-state index contributed by atoms with van der Waals surface area (Å²) in [5.41, 5.74) is 0. The van der Waals surface area contributed by atoms with E-state index in [1.54, 1.807) is 0 Å². The Hall–Kier alpha value is 0.210. The van der Waals surface area contributed by atoms with E-state index in [1.807, 2.05) is 0 Å². The van der Waals surface area contributed by atoms with Crippen molar-refractivity contribution in [3.8, 4) is 0 Å². The zero-order valence-electron chi connectivity index (χ0n) is 6.18. The van der Waals surface area contributed by atoms with Crippen LogP contribution in [0.3, 0.4) is 0 Å². The minimum atomic E-state index is 0. The lowest BCUT2D eigenvalue weighted by molar-refractivity contribution is 0.128. The lowest BCUT2D eigenvalue weighted by Gasteiger charge is -2.35. The first-order valence-corrected chi connectivity index (χ1v) is 3.91. The van der Waals surface area contributed by atoms with E-state index in [-0.39, 0.29) is 12.4 Å². The first kappa shape index (κ1) is 8.31. The molecule has 2 nitrogen and oxygen atoms in total. The molecule has 0 aromatic carbocycles. The van der Waals surface area contributed by atoms with E-state index in [2.05, 4.69) is 10.2 Å². The Labute approximate surface area is 68.4 Å². The summed E-state index contributed by atoms with van der Waals surface area (Å²) in [7, 11) is 0. The van der Waals surface area contributed by atoms with E-state index in [4.69, 9.17) is 0 Å². The molecule has 2 aliphatic heterocycles. The number of halogens is 1. The third kappa shape index (κ3) is 1.44. The number of likely N-dealkylation sites (tertiary alicyclic amines) is 1. The zero-order chi connectivity index (χ0) is 6.10.